The van der Waals surface area contributed by atoms with Crippen LogP contribution in [0.25, 0.3) is 0 Å². The second-order valence-corrected chi connectivity index (χ2v) is 15.7. The lowest BCUT2D eigenvalue weighted by Crippen LogP contribution is -2.63. The van der Waals surface area contributed by atoms with Gasteiger partial charge in [0.25, 0.3) is 5.91 Å². The van der Waals surface area contributed by atoms with E-state index in [2.05, 4.69) is 15.5 Å². The van der Waals surface area contributed by atoms with Crippen molar-refractivity contribution in [2.45, 2.75) is 57.1 Å². The molecular formula is C32H37ClN6O10S2. The Morgan fingerprint density at radius 1 is 1.25 bits per heavy atom. The summed E-state index contributed by atoms with van der Waals surface area (Å²) in [5.41, 5.74) is 4.00. The minimum Gasteiger partial charge on any atom is -0.546 e. The summed E-state index contributed by atoms with van der Waals surface area (Å²) in [5, 5.41) is 48.7. The number of aromatic nitrogens is 1. The standard InChI is InChI=1S/C32H37ClN6O10S2/c1-15(35-26(43)17-6-7-20(40)25(42)22(17)33)11-39(8-4-5-9-39)12-16-13-50-28-18(27(44)38(28)24(16)29(45)46)10-21(41)23(19-14-51-31(34)36-19)37-49-32(2,3)30(47)48/h6-7,14-15,18,28H,4-5,8-13H2,1-3H3,(H6-,34,35,36,37,40,41,42,43,45,46,47,48)/t15-,18+,28+/m0/s1. The number of nitrogens with zero attached hydrogens (tertiary/aromatic N) is 4. The number of phenols is 2. The number of oxime groups is 1. The van der Waals surface area contributed by atoms with Crippen molar-refractivity contribution in [2.24, 2.45) is 11.1 Å². The van der Waals surface area contributed by atoms with E-state index in [0.717, 1.165) is 37.3 Å². The third kappa shape index (κ3) is 7.78. The van der Waals surface area contributed by atoms with Crippen LogP contribution in [0.2, 0.25) is 5.02 Å². The molecule has 2 saturated heterocycles. The molecule has 2 fully saturated rings. The summed E-state index contributed by atoms with van der Waals surface area (Å²) in [6, 6.07) is 2.07. The van der Waals surface area contributed by atoms with Gasteiger partial charge in [0.1, 0.15) is 17.9 Å². The first-order chi connectivity index (χ1) is 23.9. The first kappa shape index (κ1) is 37.9. The van der Waals surface area contributed by atoms with E-state index in [1.54, 1.807) is 0 Å². The maximum Gasteiger partial charge on any atom is 0.352 e. The van der Waals surface area contributed by atoms with Crippen molar-refractivity contribution in [3.8, 4) is 11.5 Å². The third-order valence-corrected chi connectivity index (χ3v) is 11.5. The minimum atomic E-state index is -1.88. The zero-order chi connectivity index (χ0) is 37.4. The summed E-state index contributed by atoms with van der Waals surface area (Å²) in [4.78, 5) is 74.6. The number of Topliss-reactive ketones (excluding diaryl/α,β-unsaturated/α-hetero) is 1. The fourth-order valence-corrected chi connectivity index (χ4v) is 8.74. The van der Waals surface area contributed by atoms with Crippen LogP contribution >= 0.6 is 34.7 Å². The van der Waals surface area contributed by atoms with Crippen molar-refractivity contribution < 1.29 is 53.7 Å². The molecule has 4 heterocycles. The maximum atomic E-state index is 13.6. The number of carboxylic acids is 2. The number of aromatic hydroxyl groups is 2. The van der Waals surface area contributed by atoms with Gasteiger partial charge < -0.3 is 45.6 Å². The van der Waals surface area contributed by atoms with E-state index in [1.165, 1.54) is 48.0 Å². The fraction of sp³-hybridized carbons (Fsp3) is 0.469. The second-order valence-electron chi connectivity index (χ2n) is 13.3. The number of nitrogens with one attached hydrogen (secondary N) is 1. The van der Waals surface area contributed by atoms with Gasteiger partial charge in [-0.2, -0.15) is 0 Å². The number of aliphatic carboxylic acids is 2. The van der Waals surface area contributed by atoms with E-state index in [0.29, 0.717) is 23.1 Å². The van der Waals surface area contributed by atoms with E-state index >= 15 is 0 Å². The lowest BCUT2D eigenvalue weighted by Gasteiger charge is -2.50. The number of ketones is 1. The number of carbonyl (C=O) groups excluding carboxylic acids is 4. The Kier molecular flexibility index (Phi) is 10.9. The topological polar surface area (TPSA) is 245 Å². The zero-order valence-corrected chi connectivity index (χ0v) is 30.3. The highest BCUT2D eigenvalue weighted by atomic mass is 35.5. The molecule has 274 valence electrons. The lowest BCUT2D eigenvalue weighted by atomic mass is 9.89. The molecule has 1 aromatic heterocycles. The largest absolute Gasteiger partial charge is 0.546 e. The van der Waals surface area contributed by atoms with Crippen molar-refractivity contribution >= 4 is 75.1 Å². The van der Waals surface area contributed by atoms with Crippen LogP contribution in [0, 0.1) is 5.92 Å². The monoisotopic (exact) mass is 764 g/mol. The van der Waals surface area contributed by atoms with Crippen molar-refractivity contribution in [3.63, 3.8) is 0 Å². The molecule has 51 heavy (non-hydrogen) atoms. The van der Waals surface area contributed by atoms with Gasteiger partial charge >= 0.3 is 5.97 Å². The Morgan fingerprint density at radius 2 is 1.94 bits per heavy atom. The average Bonchev–Trinajstić information content (AvgIpc) is 3.70. The molecule has 2 aromatic rings. The zero-order valence-electron chi connectivity index (χ0n) is 27.9. The molecule has 19 heteroatoms. The summed E-state index contributed by atoms with van der Waals surface area (Å²) in [7, 11) is 0. The van der Waals surface area contributed by atoms with Crippen LogP contribution in [0.4, 0.5) is 5.13 Å². The highest BCUT2D eigenvalue weighted by Gasteiger charge is 2.55. The molecule has 0 spiro atoms. The van der Waals surface area contributed by atoms with Gasteiger partial charge in [0.15, 0.2) is 33.7 Å². The van der Waals surface area contributed by atoms with Gasteiger partial charge in [0.2, 0.25) is 5.91 Å². The van der Waals surface area contributed by atoms with Gasteiger partial charge in [-0.3, -0.25) is 19.3 Å². The van der Waals surface area contributed by atoms with Crippen molar-refractivity contribution in [1.29, 1.82) is 0 Å². The molecule has 3 aliphatic heterocycles. The number of rotatable bonds is 14. The number of thioether (sulfide) groups is 1. The molecule has 0 bridgehead atoms. The van der Waals surface area contributed by atoms with Crippen LogP contribution in [0.3, 0.4) is 0 Å². The number of benzene rings is 1. The van der Waals surface area contributed by atoms with Crippen LogP contribution < -0.4 is 16.2 Å². The van der Waals surface area contributed by atoms with Crippen LogP contribution in [0.1, 0.15) is 56.1 Å². The van der Waals surface area contributed by atoms with E-state index < -0.39 is 64.0 Å². The average molecular weight is 765 g/mol. The molecule has 3 aliphatic rings. The van der Waals surface area contributed by atoms with Crippen molar-refractivity contribution in [3.05, 3.63) is 45.1 Å². The van der Waals surface area contributed by atoms with E-state index in [9.17, 15) is 44.4 Å². The summed E-state index contributed by atoms with van der Waals surface area (Å²) in [6.07, 6.45) is 1.41. The molecule has 2 amide bonds. The maximum absolute atomic E-state index is 13.6. The van der Waals surface area contributed by atoms with Crippen LogP contribution in [-0.2, 0) is 24.0 Å². The summed E-state index contributed by atoms with van der Waals surface area (Å²) >= 11 is 8.45. The molecule has 16 nitrogen and oxygen atoms in total. The smallest absolute Gasteiger partial charge is 0.352 e. The number of β-lactam (4-membered cyclic amide) rings is 1. The number of likely N-dealkylation sites (tertiary alicyclic amines) is 1. The number of nitrogen functional groups attached to an aromatic ring is 1. The number of hydrogen-bond donors (Lipinski definition) is 5. The number of nitrogens with two attached hydrogens (primary N) is 1. The number of carboxylic acid groups (broad SMARTS) is 2. The number of quaternary nitrogens is 1. The van der Waals surface area contributed by atoms with Crippen LogP contribution in [0.15, 0.2) is 33.9 Å². The molecule has 0 aliphatic carbocycles. The van der Waals surface area contributed by atoms with Crippen molar-refractivity contribution in [2.75, 3.05) is 37.7 Å². The fourth-order valence-electron chi connectivity index (χ4n) is 6.54. The lowest BCUT2D eigenvalue weighted by molar-refractivity contribution is -0.913. The summed E-state index contributed by atoms with van der Waals surface area (Å²) < 4.78 is 0.468. The summed E-state index contributed by atoms with van der Waals surface area (Å²) in [5.74, 6) is -6.25. The molecule has 0 saturated carbocycles. The molecule has 1 aromatic carbocycles. The quantitative estimate of drug-likeness (QED) is 0.0600. The first-order valence-electron chi connectivity index (χ1n) is 15.9. The molecule has 5 rings (SSSR count). The number of halogens is 1. The molecular weight excluding hydrogens is 728 g/mol. The SMILES string of the molecule is C[C@@H](C[N+]1(CC2=C(C(=O)O)N3C(=O)[C@@H](CC(=O)/C(=N\OC(C)(C)C(=O)[O-])c4csc(N)n4)[C@H]3SC2)CCCC1)NC(=O)c1ccc(O)c(O)c1Cl. The highest BCUT2D eigenvalue weighted by molar-refractivity contribution is 8.00. The van der Waals surface area contributed by atoms with Crippen LogP contribution in [-0.4, -0.2) is 114 Å². The molecule has 0 unspecified atom stereocenters. The molecule has 6 N–H and O–H groups in total. The van der Waals surface area contributed by atoms with Crippen molar-refractivity contribution in [1.82, 2.24) is 15.2 Å². The van der Waals surface area contributed by atoms with Gasteiger partial charge in [-0.15, -0.1) is 23.1 Å². The summed E-state index contributed by atoms with van der Waals surface area (Å²) in [6.45, 7) is 6.40. The predicted octanol–water partition coefficient (Wildman–Crippen LogP) is 1.30. The Labute approximate surface area is 305 Å². The first-order valence-corrected chi connectivity index (χ1v) is 18.2. The number of amides is 2. The second kappa shape index (κ2) is 14.7. The van der Waals surface area contributed by atoms with Gasteiger partial charge in [-0.1, -0.05) is 16.8 Å². The predicted molar refractivity (Wildman–Crippen MR) is 185 cm³/mol. The Morgan fingerprint density at radius 3 is 2.55 bits per heavy atom. The Hall–Kier alpha value is -4.39. The molecule has 3 atom stereocenters. The number of anilines is 1. The number of thiazole rings is 1. The third-order valence-electron chi connectivity index (χ3n) is 9.07. The minimum absolute atomic E-state index is 0.00949. The van der Waals surface area contributed by atoms with E-state index in [-0.39, 0.29) is 45.0 Å². The number of carbonyl (C=O) groups is 5. The van der Waals surface area contributed by atoms with E-state index in [1.807, 2.05) is 6.92 Å². The molecule has 0 radical (unpaired) electrons. The van der Waals surface area contributed by atoms with Gasteiger partial charge in [-0.25, -0.2) is 9.78 Å². The Balaban J connectivity index is 1.32. The van der Waals surface area contributed by atoms with Crippen LogP contribution in [0.5, 0.6) is 11.5 Å². The normalized spacial score (nSPS) is 20.7. The van der Waals surface area contributed by atoms with E-state index in [4.69, 9.17) is 22.2 Å². The Bertz CT molecular complexity index is 1840. The van der Waals surface area contributed by atoms with Gasteiger partial charge in [0.05, 0.1) is 53.5 Å². The number of fused-ring (bicyclic) bond motifs is 1. The van der Waals surface area contributed by atoms with Gasteiger partial charge in [-0.05, 0) is 32.9 Å². The number of hydrogen-bond acceptors (Lipinski definition) is 14. The highest BCUT2D eigenvalue weighted by Crippen LogP contribution is 2.46. The number of phenolic OH excluding ortho intramolecular Hbond substituents is 2. The van der Waals surface area contributed by atoms with Gasteiger partial charge in [0, 0.05) is 36.0 Å².